The second-order valence-electron chi connectivity index (χ2n) is 9.25. The summed E-state index contributed by atoms with van der Waals surface area (Å²) in [5, 5.41) is 13.3. The van der Waals surface area contributed by atoms with Gasteiger partial charge in [-0.15, -0.1) is 0 Å². The quantitative estimate of drug-likeness (QED) is 0.124. The number of carbonyl (C=O) groups is 2. The fraction of sp³-hybridized carbons (Fsp3) is 0.708. The van der Waals surface area contributed by atoms with E-state index in [1.54, 1.807) is 0 Å². The number of nitrogens with two attached hydrogens (primary N) is 1. The molecule has 0 bridgehead atoms. The number of hydrogen-bond acceptors (Lipinski definition) is 10. The molecular weight excluding hydrogens is 517 g/mol. The van der Waals surface area contributed by atoms with E-state index in [9.17, 15) is 24.1 Å². The van der Waals surface area contributed by atoms with E-state index in [0.29, 0.717) is 12.8 Å². The molecule has 1 aliphatic rings. The standard InChI is InChI=1S/C24H40N5O8P/c1-5-7-12-35-22(31)16(3)27-38(34,28-17(4)23(32)36-13-8-6-2)14-10-18-15-19(30)21(37-18)29-11-9-20(25)26-24(29)33/h9,11,16,18-19,21,30H,5-8,10,12-15H2,1-4H3,(H,27,34)(H2,25,26,33)/t16-,18+,19+,21+,38?/m0/s1. The summed E-state index contributed by atoms with van der Waals surface area (Å²) in [6.07, 6.45) is 2.13. The highest BCUT2D eigenvalue weighted by atomic mass is 31.2. The molecule has 1 saturated heterocycles. The van der Waals surface area contributed by atoms with Crippen molar-refractivity contribution in [2.45, 2.75) is 90.7 Å². The maximum Gasteiger partial charge on any atom is 0.352 e. The Morgan fingerprint density at radius 2 is 1.97 bits per heavy atom. The molecule has 38 heavy (non-hydrogen) atoms. The Morgan fingerprint density at radius 1 is 1.32 bits per heavy atom. The van der Waals surface area contributed by atoms with Crippen LogP contribution in [0.1, 0.15) is 72.4 Å². The van der Waals surface area contributed by atoms with E-state index in [-0.39, 0.29) is 43.7 Å². The summed E-state index contributed by atoms with van der Waals surface area (Å²) in [5.74, 6) is -1.23. The number of nitrogen functional groups attached to an aromatic ring is 1. The summed E-state index contributed by atoms with van der Waals surface area (Å²) in [6.45, 7) is 7.30. The van der Waals surface area contributed by atoms with Crippen LogP contribution in [-0.2, 0) is 28.4 Å². The summed E-state index contributed by atoms with van der Waals surface area (Å²) in [7, 11) is -3.72. The van der Waals surface area contributed by atoms with Crippen molar-refractivity contribution in [1.29, 1.82) is 0 Å². The van der Waals surface area contributed by atoms with Crippen LogP contribution in [0.3, 0.4) is 0 Å². The molecule has 1 fully saturated rings. The molecule has 1 aliphatic heterocycles. The van der Waals surface area contributed by atoms with Crippen LogP contribution in [0.5, 0.6) is 0 Å². The predicted octanol–water partition coefficient (Wildman–Crippen LogP) is 2.18. The van der Waals surface area contributed by atoms with Crippen LogP contribution in [-0.4, -0.2) is 69.9 Å². The van der Waals surface area contributed by atoms with Crippen molar-refractivity contribution < 1.29 is 33.5 Å². The van der Waals surface area contributed by atoms with Gasteiger partial charge in [-0.25, -0.2) is 19.4 Å². The first-order valence-electron chi connectivity index (χ1n) is 12.9. The fourth-order valence-corrected chi connectivity index (χ4v) is 5.94. The van der Waals surface area contributed by atoms with Gasteiger partial charge in [-0.2, -0.15) is 4.98 Å². The van der Waals surface area contributed by atoms with Crippen molar-refractivity contribution >= 4 is 30.9 Å². The predicted molar refractivity (Wildman–Crippen MR) is 142 cm³/mol. The minimum atomic E-state index is -3.72. The number of aliphatic hydroxyl groups is 1. The molecule has 0 aromatic carbocycles. The molecule has 2 rings (SSSR count). The summed E-state index contributed by atoms with van der Waals surface area (Å²) < 4.78 is 35.4. The van der Waals surface area contributed by atoms with Crippen molar-refractivity contribution in [3.63, 3.8) is 0 Å². The molecule has 4 N–H and O–H groups in total. The van der Waals surface area contributed by atoms with E-state index in [4.69, 9.17) is 19.9 Å². The molecule has 1 aromatic heterocycles. The molecule has 214 valence electrons. The number of rotatable bonds is 15. The van der Waals surface area contributed by atoms with Gasteiger partial charge < -0.3 is 25.1 Å². The minimum absolute atomic E-state index is 0.0473. The molecule has 2 heterocycles. The topological polar surface area (TPSA) is 184 Å². The third-order valence-corrected chi connectivity index (χ3v) is 8.15. The van der Waals surface area contributed by atoms with Crippen molar-refractivity contribution in [2.75, 3.05) is 25.1 Å². The van der Waals surface area contributed by atoms with E-state index in [2.05, 4.69) is 14.8 Å². The lowest BCUT2D eigenvalue weighted by Crippen LogP contribution is -2.34. The first kappa shape index (κ1) is 31.6. The smallest absolute Gasteiger partial charge is 0.352 e. The SMILES string of the molecule is CCCCOC(=O)C(C)=NP(=O)(CC[C@@H]1C[C@@H](O)[C@H](n2ccc(N)nc2=O)O1)N[C@@H](C)C(=O)OCCCC. The average Bonchev–Trinajstić information content (AvgIpc) is 3.23. The molecule has 0 saturated carbocycles. The van der Waals surface area contributed by atoms with Crippen molar-refractivity contribution in [1.82, 2.24) is 14.6 Å². The van der Waals surface area contributed by atoms with Crippen LogP contribution < -0.4 is 16.5 Å². The van der Waals surface area contributed by atoms with Gasteiger partial charge in [0.1, 0.15) is 23.7 Å². The number of carbonyl (C=O) groups excluding carboxylic acids is 2. The van der Waals surface area contributed by atoms with Crippen molar-refractivity contribution in [2.24, 2.45) is 4.76 Å². The maximum absolute atomic E-state index is 13.9. The van der Waals surface area contributed by atoms with Gasteiger partial charge in [0.25, 0.3) is 7.44 Å². The molecule has 13 nitrogen and oxygen atoms in total. The lowest BCUT2D eigenvalue weighted by Gasteiger charge is -2.22. The van der Waals surface area contributed by atoms with Crippen LogP contribution in [0.2, 0.25) is 0 Å². The summed E-state index contributed by atoms with van der Waals surface area (Å²) >= 11 is 0. The number of aromatic nitrogens is 2. The van der Waals surface area contributed by atoms with Gasteiger partial charge in [0, 0.05) is 18.8 Å². The van der Waals surface area contributed by atoms with Gasteiger partial charge in [-0.1, -0.05) is 26.7 Å². The number of nitrogens with one attached hydrogen (secondary N) is 1. The summed E-state index contributed by atoms with van der Waals surface area (Å²) in [5.41, 5.74) is 4.77. The normalized spacial score (nSPS) is 22.0. The highest BCUT2D eigenvalue weighted by molar-refractivity contribution is 7.60. The highest BCUT2D eigenvalue weighted by Crippen LogP contribution is 2.46. The second kappa shape index (κ2) is 15.1. The molecular formula is C24H40N5O8P. The Balaban J connectivity index is 2.15. The van der Waals surface area contributed by atoms with Crippen molar-refractivity contribution in [3.8, 4) is 0 Å². The van der Waals surface area contributed by atoms with Crippen LogP contribution in [0, 0.1) is 0 Å². The number of unbranched alkanes of at least 4 members (excludes halogenated alkanes) is 2. The first-order chi connectivity index (χ1) is 18.0. The van der Waals surface area contributed by atoms with Gasteiger partial charge in [0.05, 0.1) is 19.3 Å². The number of aliphatic hydroxyl groups excluding tert-OH is 1. The Kier molecular flexibility index (Phi) is 12.6. The maximum atomic E-state index is 13.9. The number of anilines is 1. The Bertz CT molecular complexity index is 1080. The van der Waals surface area contributed by atoms with Crippen LogP contribution >= 0.6 is 7.44 Å². The van der Waals surface area contributed by atoms with Crippen LogP contribution in [0.4, 0.5) is 5.82 Å². The zero-order chi connectivity index (χ0) is 28.3. The Labute approximate surface area is 222 Å². The average molecular weight is 558 g/mol. The highest BCUT2D eigenvalue weighted by Gasteiger charge is 2.38. The molecule has 0 aliphatic carbocycles. The summed E-state index contributed by atoms with van der Waals surface area (Å²) in [6, 6.07) is 0.466. The fourth-order valence-electron chi connectivity index (χ4n) is 3.74. The van der Waals surface area contributed by atoms with Gasteiger partial charge in [-0.3, -0.25) is 13.9 Å². The zero-order valence-electron chi connectivity index (χ0n) is 22.5. The zero-order valence-corrected chi connectivity index (χ0v) is 23.4. The van der Waals surface area contributed by atoms with Gasteiger partial charge in [0.2, 0.25) is 0 Å². The van der Waals surface area contributed by atoms with E-state index in [1.807, 2.05) is 13.8 Å². The molecule has 1 aromatic rings. The largest absolute Gasteiger partial charge is 0.465 e. The van der Waals surface area contributed by atoms with E-state index >= 15 is 0 Å². The lowest BCUT2D eigenvalue weighted by molar-refractivity contribution is -0.145. The second-order valence-corrected chi connectivity index (χ2v) is 11.6. The number of hydrogen-bond donors (Lipinski definition) is 3. The molecule has 5 atom stereocenters. The van der Waals surface area contributed by atoms with E-state index in [1.165, 1.54) is 26.1 Å². The summed E-state index contributed by atoms with van der Waals surface area (Å²) in [4.78, 5) is 40.6. The van der Waals surface area contributed by atoms with Crippen LogP contribution in [0.15, 0.2) is 21.8 Å². The Hall–Kier alpha value is -2.60. The molecule has 0 radical (unpaired) electrons. The molecule has 14 heteroatoms. The van der Waals surface area contributed by atoms with Crippen molar-refractivity contribution in [3.05, 3.63) is 22.7 Å². The monoisotopic (exact) mass is 557 g/mol. The van der Waals surface area contributed by atoms with Gasteiger partial charge in [0.15, 0.2) is 6.23 Å². The van der Waals surface area contributed by atoms with Gasteiger partial charge >= 0.3 is 17.6 Å². The lowest BCUT2D eigenvalue weighted by atomic mass is 10.1. The minimum Gasteiger partial charge on any atom is -0.465 e. The third-order valence-electron chi connectivity index (χ3n) is 5.87. The van der Waals surface area contributed by atoms with Gasteiger partial charge in [-0.05, 0) is 39.2 Å². The molecule has 0 amide bonds. The number of ether oxygens (including phenoxy) is 3. The Morgan fingerprint density at radius 3 is 2.61 bits per heavy atom. The molecule has 1 unspecified atom stereocenters. The molecule has 0 spiro atoms. The van der Waals surface area contributed by atoms with E-state index in [0.717, 1.165) is 17.4 Å². The van der Waals surface area contributed by atoms with E-state index < -0.39 is 49.5 Å². The number of esters is 2. The third kappa shape index (κ3) is 9.61. The van der Waals surface area contributed by atoms with Crippen LogP contribution in [0.25, 0.3) is 0 Å². The number of nitrogens with zero attached hydrogens (tertiary/aromatic N) is 3. The first-order valence-corrected chi connectivity index (χ1v) is 14.8.